The first-order valence-corrected chi connectivity index (χ1v) is 6.68. The molecule has 0 radical (unpaired) electrons. The van der Waals surface area contributed by atoms with Crippen molar-refractivity contribution < 1.29 is 4.79 Å². The van der Waals surface area contributed by atoms with E-state index in [9.17, 15) is 4.79 Å². The molecule has 1 N–H and O–H groups in total. The lowest BCUT2D eigenvalue weighted by molar-refractivity contribution is -0.114. The third-order valence-corrected chi connectivity index (χ3v) is 3.09. The first kappa shape index (κ1) is 14.1. The number of benzene rings is 2. The molecule has 0 aromatic heterocycles. The summed E-state index contributed by atoms with van der Waals surface area (Å²) in [7, 11) is 0. The first-order chi connectivity index (χ1) is 9.56. The van der Waals surface area contributed by atoms with Gasteiger partial charge < -0.3 is 5.32 Å². The SMILES string of the molecule is CC(=O)Nc1ccc(C)cc1/C(C)=C/c1ccccc1. The highest BCUT2D eigenvalue weighted by Gasteiger charge is 2.06. The zero-order chi connectivity index (χ0) is 14.5. The van der Waals surface area contributed by atoms with Crippen LogP contribution in [0.25, 0.3) is 11.6 Å². The van der Waals surface area contributed by atoms with Crippen LogP contribution in [0.15, 0.2) is 48.5 Å². The lowest BCUT2D eigenvalue weighted by Crippen LogP contribution is -2.07. The summed E-state index contributed by atoms with van der Waals surface area (Å²) in [5.74, 6) is -0.0531. The number of carbonyl (C=O) groups excluding carboxylic acids is 1. The van der Waals surface area contributed by atoms with Crippen LogP contribution in [-0.2, 0) is 4.79 Å². The van der Waals surface area contributed by atoms with Gasteiger partial charge in [-0.25, -0.2) is 0 Å². The van der Waals surface area contributed by atoms with E-state index in [1.807, 2.05) is 30.3 Å². The Morgan fingerprint density at radius 1 is 1.05 bits per heavy atom. The maximum absolute atomic E-state index is 11.3. The van der Waals surface area contributed by atoms with Gasteiger partial charge >= 0.3 is 0 Å². The van der Waals surface area contributed by atoms with Crippen LogP contribution in [0.1, 0.15) is 30.5 Å². The molecule has 0 heterocycles. The summed E-state index contributed by atoms with van der Waals surface area (Å²) < 4.78 is 0. The van der Waals surface area contributed by atoms with E-state index in [0.717, 1.165) is 22.4 Å². The number of carbonyl (C=O) groups is 1. The minimum Gasteiger partial charge on any atom is -0.326 e. The van der Waals surface area contributed by atoms with Crippen LogP contribution in [-0.4, -0.2) is 5.91 Å². The first-order valence-electron chi connectivity index (χ1n) is 6.68. The van der Waals surface area contributed by atoms with Gasteiger partial charge in [-0.15, -0.1) is 0 Å². The van der Waals surface area contributed by atoms with Crippen LogP contribution in [0.2, 0.25) is 0 Å². The Kier molecular flexibility index (Phi) is 4.36. The number of amides is 1. The minimum atomic E-state index is -0.0531. The molecule has 20 heavy (non-hydrogen) atoms. The van der Waals surface area contributed by atoms with E-state index >= 15 is 0 Å². The van der Waals surface area contributed by atoms with E-state index in [1.165, 1.54) is 12.5 Å². The predicted molar refractivity (Wildman–Crippen MR) is 85.5 cm³/mol. The fourth-order valence-corrected chi connectivity index (χ4v) is 2.16. The van der Waals surface area contributed by atoms with Gasteiger partial charge in [0.15, 0.2) is 0 Å². The summed E-state index contributed by atoms with van der Waals surface area (Å²) in [4.78, 5) is 11.3. The summed E-state index contributed by atoms with van der Waals surface area (Å²) in [5.41, 5.74) is 5.37. The third kappa shape index (κ3) is 3.58. The van der Waals surface area contributed by atoms with Gasteiger partial charge in [-0.3, -0.25) is 4.79 Å². The summed E-state index contributed by atoms with van der Waals surface area (Å²) in [6.45, 7) is 5.64. The Morgan fingerprint density at radius 2 is 1.75 bits per heavy atom. The molecule has 0 aliphatic heterocycles. The molecule has 0 aliphatic rings. The van der Waals surface area contributed by atoms with Crippen LogP contribution in [0.3, 0.4) is 0 Å². The van der Waals surface area contributed by atoms with Crippen molar-refractivity contribution in [1.82, 2.24) is 0 Å². The molecule has 0 unspecified atom stereocenters. The van der Waals surface area contributed by atoms with E-state index in [4.69, 9.17) is 0 Å². The standard InChI is InChI=1S/C18H19NO/c1-13-9-10-18(19-15(3)20)17(11-13)14(2)12-16-7-5-4-6-8-16/h4-12H,1-3H3,(H,19,20)/b14-12+. The number of nitrogens with one attached hydrogen (secondary N) is 1. The predicted octanol–water partition coefficient (Wildman–Crippen LogP) is 4.51. The van der Waals surface area contributed by atoms with Crippen molar-refractivity contribution in [2.24, 2.45) is 0 Å². The summed E-state index contributed by atoms with van der Waals surface area (Å²) >= 11 is 0. The fraction of sp³-hybridized carbons (Fsp3) is 0.167. The number of rotatable bonds is 3. The van der Waals surface area contributed by atoms with Gasteiger partial charge in [-0.1, -0.05) is 48.0 Å². The van der Waals surface area contributed by atoms with E-state index in [2.05, 4.69) is 43.4 Å². The lowest BCUT2D eigenvalue weighted by atomic mass is 10.00. The molecule has 0 spiro atoms. The topological polar surface area (TPSA) is 29.1 Å². The monoisotopic (exact) mass is 265 g/mol. The van der Waals surface area contributed by atoms with Gasteiger partial charge in [0.1, 0.15) is 0 Å². The molecule has 2 rings (SSSR count). The summed E-state index contributed by atoms with van der Waals surface area (Å²) in [6.07, 6.45) is 2.13. The van der Waals surface area contributed by atoms with Crippen LogP contribution in [0, 0.1) is 6.92 Å². The van der Waals surface area contributed by atoms with Gasteiger partial charge in [0.05, 0.1) is 0 Å². The summed E-state index contributed by atoms with van der Waals surface area (Å²) in [5, 5.41) is 2.89. The van der Waals surface area contributed by atoms with Crippen LogP contribution >= 0.6 is 0 Å². The van der Waals surface area contributed by atoms with Gasteiger partial charge in [0, 0.05) is 18.2 Å². The van der Waals surface area contributed by atoms with Gasteiger partial charge in [0.2, 0.25) is 5.91 Å². The van der Waals surface area contributed by atoms with Crippen molar-refractivity contribution in [2.75, 3.05) is 5.32 Å². The Morgan fingerprint density at radius 3 is 2.40 bits per heavy atom. The highest BCUT2D eigenvalue weighted by atomic mass is 16.1. The molecule has 0 aliphatic carbocycles. The van der Waals surface area contributed by atoms with E-state index in [0.29, 0.717) is 0 Å². The Labute approximate surface area is 120 Å². The van der Waals surface area contributed by atoms with E-state index < -0.39 is 0 Å². The molecule has 0 bridgehead atoms. The normalized spacial score (nSPS) is 11.2. The Hall–Kier alpha value is -2.35. The highest BCUT2D eigenvalue weighted by Crippen LogP contribution is 2.26. The quantitative estimate of drug-likeness (QED) is 0.812. The zero-order valence-corrected chi connectivity index (χ0v) is 12.1. The molecule has 0 atom stereocenters. The maximum atomic E-state index is 11.3. The molecule has 0 fully saturated rings. The molecule has 1 amide bonds. The van der Waals surface area contributed by atoms with Crippen molar-refractivity contribution in [3.63, 3.8) is 0 Å². The molecule has 2 aromatic carbocycles. The molecule has 2 aromatic rings. The average molecular weight is 265 g/mol. The van der Waals surface area contributed by atoms with E-state index in [-0.39, 0.29) is 5.91 Å². The average Bonchev–Trinajstić information content (AvgIpc) is 2.41. The highest BCUT2D eigenvalue weighted by molar-refractivity contribution is 5.94. The Bertz CT molecular complexity index is 642. The molecule has 0 saturated heterocycles. The van der Waals surface area contributed by atoms with Crippen LogP contribution < -0.4 is 5.32 Å². The lowest BCUT2D eigenvalue weighted by Gasteiger charge is -2.12. The summed E-state index contributed by atoms with van der Waals surface area (Å²) in [6, 6.07) is 16.2. The number of hydrogen-bond donors (Lipinski definition) is 1. The maximum Gasteiger partial charge on any atom is 0.221 e. The van der Waals surface area contributed by atoms with Crippen LogP contribution in [0.5, 0.6) is 0 Å². The van der Waals surface area contributed by atoms with E-state index in [1.54, 1.807) is 0 Å². The molecule has 2 heteroatoms. The fourth-order valence-electron chi connectivity index (χ4n) is 2.16. The van der Waals surface area contributed by atoms with Crippen molar-refractivity contribution in [3.8, 4) is 0 Å². The number of allylic oxidation sites excluding steroid dienone is 1. The molecular weight excluding hydrogens is 246 g/mol. The number of hydrogen-bond acceptors (Lipinski definition) is 1. The number of anilines is 1. The van der Waals surface area contributed by atoms with Gasteiger partial charge in [-0.2, -0.15) is 0 Å². The van der Waals surface area contributed by atoms with Crippen molar-refractivity contribution in [1.29, 1.82) is 0 Å². The largest absolute Gasteiger partial charge is 0.326 e. The second-order valence-corrected chi connectivity index (χ2v) is 4.97. The number of aryl methyl sites for hydroxylation is 1. The Balaban J connectivity index is 2.42. The smallest absolute Gasteiger partial charge is 0.221 e. The molecule has 2 nitrogen and oxygen atoms in total. The molecule has 102 valence electrons. The minimum absolute atomic E-state index is 0.0531. The van der Waals surface area contributed by atoms with Gasteiger partial charge in [0.25, 0.3) is 0 Å². The van der Waals surface area contributed by atoms with Crippen molar-refractivity contribution >= 4 is 23.2 Å². The second kappa shape index (κ2) is 6.20. The molecular formula is C18H19NO. The van der Waals surface area contributed by atoms with Gasteiger partial charge in [-0.05, 0) is 37.1 Å². The van der Waals surface area contributed by atoms with Crippen molar-refractivity contribution in [2.45, 2.75) is 20.8 Å². The zero-order valence-electron chi connectivity index (χ0n) is 12.1. The molecule has 0 saturated carbocycles. The third-order valence-electron chi connectivity index (χ3n) is 3.09. The van der Waals surface area contributed by atoms with Crippen LogP contribution in [0.4, 0.5) is 5.69 Å². The second-order valence-electron chi connectivity index (χ2n) is 4.97. The van der Waals surface area contributed by atoms with Crippen molar-refractivity contribution in [3.05, 3.63) is 65.2 Å².